The van der Waals surface area contributed by atoms with Gasteiger partial charge in [0.1, 0.15) is 0 Å². The van der Waals surface area contributed by atoms with Gasteiger partial charge in [0, 0.05) is 24.1 Å². The second kappa shape index (κ2) is 9.08. The molecule has 1 heterocycles. The van der Waals surface area contributed by atoms with Crippen molar-refractivity contribution in [3.63, 3.8) is 0 Å². The van der Waals surface area contributed by atoms with E-state index in [-0.39, 0.29) is 17.7 Å². The van der Waals surface area contributed by atoms with Crippen molar-refractivity contribution in [2.45, 2.75) is 57.1 Å². The van der Waals surface area contributed by atoms with E-state index < -0.39 is 6.03 Å². The minimum atomic E-state index is -0.398. The van der Waals surface area contributed by atoms with Crippen molar-refractivity contribution in [2.75, 3.05) is 5.75 Å². The Morgan fingerprint density at radius 2 is 1.96 bits per heavy atom. The summed E-state index contributed by atoms with van der Waals surface area (Å²) in [5.74, 6) is -0.178. The van der Waals surface area contributed by atoms with Crippen LogP contribution in [-0.4, -0.2) is 33.3 Å². The fraction of sp³-hybridized carbons (Fsp3) is 0.450. The first-order valence-electron chi connectivity index (χ1n) is 9.37. The largest absolute Gasteiger partial charge is 0.335 e. The van der Waals surface area contributed by atoms with E-state index in [0.717, 1.165) is 36.5 Å². The van der Waals surface area contributed by atoms with Crippen molar-refractivity contribution in [3.05, 3.63) is 41.7 Å². The van der Waals surface area contributed by atoms with Gasteiger partial charge in [0.05, 0.1) is 5.75 Å². The summed E-state index contributed by atoms with van der Waals surface area (Å²) in [4.78, 5) is 28.4. The molecule has 3 amide bonds. The first-order chi connectivity index (χ1) is 13.0. The smallest absolute Gasteiger partial charge is 0.321 e. The Balaban J connectivity index is 1.52. The molecule has 2 N–H and O–H groups in total. The molecular weight excluding hydrogens is 360 g/mol. The van der Waals surface area contributed by atoms with Crippen LogP contribution in [0.25, 0.3) is 5.69 Å². The molecule has 7 heteroatoms. The maximum absolute atomic E-state index is 12.1. The number of urea groups is 1. The van der Waals surface area contributed by atoms with Gasteiger partial charge in [-0.1, -0.05) is 37.1 Å². The summed E-state index contributed by atoms with van der Waals surface area (Å²) in [6.07, 6.45) is 9.06. The normalized spacial score (nSPS) is 14.7. The highest BCUT2D eigenvalue weighted by molar-refractivity contribution is 7.99. The number of amides is 3. The van der Waals surface area contributed by atoms with E-state index in [2.05, 4.69) is 41.6 Å². The number of aromatic nitrogens is 2. The highest BCUT2D eigenvalue weighted by Crippen LogP contribution is 2.22. The van der Waals surface area contributed by atoms with Crippen LogP contribution in [0.2, 0.25) is 0 Å². The van der Waals surface area contributed by atoms with E-state index in [1.807, 2.05) is 16.8 Å². The van der Waals surface area contributed by atoms with Crippen LogP contribution in [0.3, 0.4) is 0 Å². The number of nitrogens with zero attached hydrogens (tertiary/aromatic N) is 2. The van der Waals surface area contributed by atoms with Gasteiger partial charge in [0.2, 0.25) is 5.91 Å². The third-order valence-electron chi connectivity index (χ3n) is 4.90. The minimum absolute atomic E-state index is 0.139. The van der Waals surface area contributed by atoms with Crippen LogP contribution in [-0.2, 0) is 4.79 Å². The number of imide groups is 1. The lowest BCUT2D eigenvalue weighted by Crippen LogP contribution is -2.45. The van der Waals surface area contributed by atoms with Gasteiger partial charge in [-0.25, -0.2) is 9.78 Å². The fourth-order valence-corrected chi connectivity index (χ4v) is 4.00. The SMILES string of the molecule is Cc1ccc(-n2ccnc2SCC(=O)NC(=O)NC2CCCCC2)cc1C. The molecule has 0 aliphatic heterocycles. The summed E-state index contributed by atoms with van der Waals surface area (Å²) >= 11 is 1.31. The van der Waals surface area contributed by atoms with Gasteiger partial charge >= 0.3 is 6.03 Å². The zero-order valence-corrected chi connectivity index (χ0v) is 16.6. The van der Waals surface area contributed by atoms with Crippen molar-refractivity contribution in [2.24, 2.45) is 0 Å². The number of hydrogen-bond donors (Lipinski definition) is 2. The number of thioether (sulfide) groups is 1. The Bertz CT molecular complexity index is 812. The zero-order chi connectivity index (χ0) is 19.2. The summed E-state index contributed by atoms with van der Waals surface area (Å²) in [6, 6.07) is 5.99. The van der Waals surface area contributed by atoms with Gasteiger partial charge in [-0.2, -0.15) is 0 Å². The number of imidazole rings is 1. The summed E-state index contributed by atoms with van der Waals surface area (Å²) < 4.78 is 1.95. The Kier molecular flexibility index (Phi) is 6.55. The molecule has 0 atom stereocenters. The molecule has 1 aliphatic rings. The molecular formula is C20H26N4O2S. The molecule has 1 aromatic carbocycles. The summed E-state index contributed by atoms with van der Waals surface area (Å²) in [7, 11) is 0. The van der Waals surface area contributed by atoms with E-state index >= 15 is 0 Å². The molecule has 3 rings (SSSR count). The third-order valence-corrected chi connectivity index (χ3v) is 5.87. The Hall–Kier alpha value is -2.28. The minimum Gasteiger partial charge on any atom is -0.335 e. The number of aryl methyl sites for hydroxylation is 2. The molecule has 0 saturated heterocycles. The Morgan fingerprint density at radius 3 is 2.70 bits per heavy atom. The molecule has 1 aliphatic carbocycles. The lowest BCUT2D eigenvalue weighted by molar-refractivity contribution is -0.117. The van der Waals surface area contributed by atoms with Gasteiger partial charge in [0.15, 0.2) is 5.16 Å². The molecule has 144 valence electrons. The molecule has 0 bridgehead atoms. The van der Waals surface area contributed by atoms with Crippen LogP contribution < -0.4 is 10.6 Å². The molecule has 1 fully saturated rings. The molecule has 0 spiro atoms. The van der Waals surface area contributed by atoms with Crippen LogP contribution in [0.4, 0.5) is 4.79 Å². The van der Waals surface area contributed by atoms with Gasteiger partial charge in [-0.15, -0.1) is 0 Å². The van der Waals surface area contributed by atoms with Crippen molar-refractivity contribution in [1.82, 2.24) is 20.2 Å². The molecule has 6 nitrogen and oxygen atoms in total. The summed E-state index contributed by atoms with van der Waals surface area (Å²) in [5.41, 5.74) is 3.44. The number of rotatable bonds is 5. The Morgan fingerprint density at radius 1 is 1.19 bits per heavy atom. The first-order valence-corrected chi connectivity index (χ1v) is 10.4. The average molecular weight is 387 g/mol. The lowest BCUT2D eigenvalue weighted by Gasteiger charge is -2.22. The van der Waals surface area contributed by atoms with Crippen molar-refractivity contribution >= 4 is 23.7 Å². The second-order valence-corrected chi connectivity index (χ2v) is 7.94. The van der Waals surface area contributed by atoms with Crippen molar-refractivity contribution in [3.8, 4) is 5.69 Å². The number of hydrogen-bond acceptors (Lipinski definition) is 4. The molecule has 0 unspecified atom stereocenters. The van der Waals surface area contributed by atoms with E-state index in [4.69, 9.17) is 0 Å². The van der Waals surface area contributed by atoms with Gasteiger partial charge in [0.25, 0.3) is 0 Å². The number of nitrogens with one attached hydrogen (secondary N) is 2. The molecule has 0 radical (unpaired) electrons. The summed E-state index contributed by atoms with van der Waals surface area (Å²) in [5, 5.41) is 6.03. The molecule has 1 aromatic heterocycles. The Labute approximate surface area is 164 Å². The number of carbonyl (C=O) groups excluding carboxylic acids is 2. The second-order valence-electron chi connectivity index (χ2n) is 6.99. The van der Waals surface area contributed by atoms with E-state index in [9.17, 15) is 9.59 Å². The van der Waals surface area contributed by atoms with Crippen LogP contribution in [0.15, 0.2) is 35.7 Å². The maximum atomic E-state index is 12.1. The molecule has 27 heavy (non-hydrogen) atoms. The third kappa shape index (κ3) is 5.35. The highest BCUT2D eigenvalue weighted by atomic mass is 32.2. The van der Waals surface area contributed by atoms with Crippen molar-refractivity contribution in [1.29, 1.82) is 0 Å². The predicted octanol–water partition coefficient (Wildman–Crippen LogP) is 3.74. The average Bonchev–Trinajstić information content (AvgIpc) is 3.11. The quantitative estimate of drug-likeness (QED) is 0.768. The van der Waals surface area contributed by atoms with Crippen LogP contribution >= 0.6 is 11.8 Å². The van der Waals surface area contributed by atoms with Crippen LogP contribution in [0.5, 0.6) is 0 Å². The molecule has 1 saturated carbocycles. The van der Waals surface area contributed by atoms with Gasteiger partial charge in [-0.05, 0) is 49.9 Å². The van der Waals surface area contributed by atoms with Crippen LogP contribution in [0.1, 0.15) is 43.2 Å². The van der Waals surface area contributed by atoms with Gasteiger partial charge in [-0.3, -0.25) is 14.7 Å². The number of carbonyl (C=O) groups is 2. The van der Waals surface area contributed by atoms with Gasteiger partial charge < -0.3 is 5.32 Å². The van der Waals surface area contributed by atoms with E-state index in [0.29, 0.717) is 0 Å². The van der Waals surface area contributed by atoms with Crippen molar-refractivity contribution < 1.29 is 9.59 Å². The zero-order valence-electron chi connectivity index (χ0n) is 15.8. The first kappa shape index (κ1) is 19.5. The van der Waals surface area contributed by atoms with E-state index in [1.165, 1.54) is 29.3 Å². The van der Waals surface area contributed by atoms with Crippen LogP contribution in [0, 0.1) is 13.8 Å². The lowest BCUT2D eigenvalue weighted by atomic mass is 9.96. The highest BCUT2D eigenvalue weighted by Gasteiger charge is 2.17. The summed E-state index contributed by atoms with van der Waals surface area (Å²) in [6.45, 7) is 4.15. The maximum Gasteiger partial charge on any atom is 0.321 e. The topological polar surface area (TPSA) is 76.0 Å². The molecule has 2 aromatic rings. The predicted molar refractivity (Wildman–Crippen MR) is 107 cm³/mol. The monoisotopic (exact) mass is 386 g/mol. The fourth-order valence-electron chi connectivity index (χ4n) is 3.23. The van der Waals surface area contributed by atoms with E-state index in [1.54, 1.807) is 6.20 Å². The number of benzene rings is 1. The standard InChI is InChI=1S/C20H26N4O2S/c1-14-8-9-17(12-15(14)2)24-11-10-21-20(24)27-13-18(25)23-19(26)22-16-6-4-3-5-7-16/h8-12,16H,3-7,13H2,1-2H3,(H2,22,23,25,26).